The minimum absolute atomic E-state index is 0.0922. The van der Waals surface area contributed by atoms with Crippen LogP contribution in [0.25, 0.3) is 0 Å². The molecule has 0 N–H and O–H groups in total. The Balaban J connectivity index is 1.77. The third kappa shape index (κ3) is 1.93. The highest BCUT2D eigenvalue weighted by Gasteiger charge is 2.42. The third-order valence-corrected chi connectivity index (χ3v) is 3.57. The van der Waals surface area contributed by atoms with Gasteiger partial charge in [-0.1, -0.05) is 0 Å². The lowest BCUT2D eigenvalue weighted by molar-refractivity contribution is -0.148. The number of fused-ring (bicyclic) bond motifs is 1. The number of nitrogens with zero attached hydrogens (tertiary/aromatic N) is 4. The molecule has 0 radical (unpaired) electrons. The van der Waals surface area contributed by atoms with Crippen LogP contribution in [0.5, 0.6) is 0 Å². The van der Waals surface area contributed by atoms with Gasteiger partial charge in [-0.05, 0) is 18.8 Å². The number of carbonyl (C=O) groups excluding carboxylic acids is 1. The Morgan fingerprint density at radius 1 is 1.53 bits per heavy atom. The Bertz CT molecular complexity index is 427. The molecule has 1 aromatic rings. The lowest BCUT2D eigenvalue weighted by Gasteiger charge is -2.32. The minimum atomic E-state index is -0.111. The summed E-state index contributed by atoms with van der Waals surface area (Å²) in [5.74, 6) is 1.29. The molecule has 3 rings (SSSR count). The van der Waals surface area contributed by atoms with E-state index in [9.17, 15) is 4.79 Å². The summed E-state index contributed by atoms with van der Waals surface area (Å²) in [6, 6.07) is -0.0922. The predicted molar refractivity (Wildman–Crippen MR) is 59.0 cm³/mol. The van der Waals surface area contributed by atoms with Crippen LogP contribution in [0.4, 0.5) is 0 Å². The van der Waals surface area contributed by atoms with Gasteiger partial charge in [0.1, 0.15) is 18.2 Å². The zero-order chi connectivity index (χ0) is 11.8. The molecule has 0 aromatic carbocycles. The zero-order valence-corrected chi connectivity index (χ0v) is 9.87. The van der Waals surface area contributed by atoms with E-state index in [0.29, 0.717) is 12.5 Å². The third-order valence-electron chi connectivity index (χ3n) is 3.57. The van der Waals surface area contributed by atoms with Gasteiger partial charge in [-0.3, -0.25) is 9.69 Å². The molecule has 6 nitrogen and oxygen atoms in total. The topological polar surface area (TPSA) is 60.2 Å². The Morgan fingerprint density at radius 2 is 2.35 bits per heavy atom. The first kappa shape index (κ1) is 10.7. The van der Waals surface area contributed by atoms with Crippen molar-refractivity contribution in [3.05, 3.63) is 12.2 Å². The number of rotatable bonds is 3. The van der Waals surface area contributed by atoms with E-state index in [-0.39, 0.29) is 12.0 Å². The molecule has 0 bridgehead atoms. The molecular weight excluding hydrogens is 220 g/mol. The molecular formula is C11H16N4O2. The fraction of sp³-hybridized carbons (Fsp3) is 0.727. The number of carbonyl (C=O) groups is 1. The highest BCUT2D eigenvalue weighted by atomic mass is 16.5. The second-order valence-electron chi connectivity index (χ2n) is 4.72. The number of aromatic nitrogens is 3. The van der Waals surface area contributed by atoms with Gasteiger partial charge in [0.25, 0.3) is 0 Å². The quantitative estimate of drug-likeness (QED) is 0.694. The van der Waals surface area contributed by atoms with Crippen LogP contribution in [0, 0.1) is 5.92 Å². The Labute approximate surface area is 99.6 Å². The molecule has 2 aliphatic rings. The highest BCUT2D eigenvalue weighted by molar-refractivity contribution is 5.76. The first-order valence-corrected chi connectivity index (χ1v) is 5.98. The van der Waals surface area contributed by atoms with Crippen molar-refractivity contribution in [1.29, 1.82) is 0 Å². The van der Waals surface area contributed by atoms with Gasteiger partial charge in [-0.15, -0.1) is 10.2 Å². The van der Waals surface area contributed by atoms with Crippen LogP contribution in [0.1, 0.15) is 18.7 Å². The largest absolute Gasteiger partial charge is 0.468 e. The van der Waals surface area contributed by atoms with Crippen LogP contribution in [0.15, 0.2) is 6.33 Å². The lowest BCUT2D eigenvalue weighted by Crippen LogP contribution is -2.47. The molecule has 1 atom stereocenters. The fourth-order valence-electron chi connectivity index (χ4n) is 2.49. The molecule has 2 heterocycles. The SMILES string of the molecule is COC(=O)C(C1CC1)N1CCn2cnnc2C1. The van der Waals surface area contributed by atoms with Crippen molar-refractivity contribution in [2.24, 2.45) is 5.92 Å². The van der Waals surface area contributed by atoms with Gasteiger partial charge in [0.15, 0.2) is 0 Å². The molecule has 1 aliphatic heterocycles. The van der Waals surface area contributed by atoms with Crippen LogP contribution in [-0.4, -0.2) is 45.3 Å². The highest BCUT2D eigenvalue weighted by Crippen LogP contribution is 2.36. The summed E-state index contributed by atoms with van der Waals surface area (Å²) in [4.78, 5) is 14.0. The van der Waals surface area contributed by atoms with Crippen LogP contribution >= 0.6 is 0 Å². The van der Waals surface area contributed by atoms with Gasteiger partial charge in [-0.2, -0.15) is 0 Å². The van der Waals surface area contributed by atoms with E-state index in [1.165, 1.54) is 7.11 Å². The van der Waals surface area contributed by atoms with E-state index in [0.717, 1.165) is 31.8 Å². The lowest BCUT2D eigenvalue weighted by atomic mass is 10.1. The Hall–Kier alpha value is -1.43. The van der Waals surface area contributed by atoms with Crippen LogP contribution < -0.4 is 0 Å². The molecule has 1 saturated carbocycles. The maximum Gasteiger partial charge on any atom is 0.323 e. The molecule has 17 heavy (non-hydrogen) atoms. The molecule has 0 saturated heterocycles. The van der Waals surface area contributed by atoms with E-state index < -0.39 is 0 Å². The minimum Gasteiger partial charge on any atom is -0.468 e. The van der Waals surface area contributed by atoms with Gasteiger partial charge < -0.3 is 9.30 Å². The summed E-state index contributed by atoms with van der Waals surface area (Å²) in [6.07, 6.45) is 4.00. The van der Waals surface area contributed by atoms with E-state index in [1.54, 1.807) is 6.33 Å². The van der Waals surface area contributed by atoms with Crippen LogP contribution in [0.2, 0.25) is 0 Å². The average molecular weight is 236 g/mol. The first-order valence-electron chi connectivity index (χ1n) is 5.98. The summed E-state index contributed by atoms with van der Waals surface area (Å²) in [6.45, 7) is 2.40. The van der Waals surface area contributed by atoms with E-state index in [2.05, 4.69) is 15.1 Å². The first-order chi connectivity index (χ1) is 8.29. The fourth-order valence-corrected chi connectivity index (χ4v) is 2.49. The van der Waals surface area contributed by atoms with Gasteiger partial charge >= 0.3 is 5.97 Å². The van der Waals surface area contributed by atoms with Crippen LogP contribution in [0.3, 0.4) is 0 Å². The molecule has 0 spiro atoms. The maximum atomic E-state index is 11.8. The monoisotopic (exact) mass is 236 g/mol. The van der Waals surface area contributed by atoms with Crippen molar-refractivity contribution < 1.29 is 9.53 Å². The van der Waals surface area contributed by atoms with Crippen molar-refractivity contribution >= 4 is 5.97 Å². The number of methoxy groups -OCH3 is 1. The van der Waals surface area contributed by atoms with Gasteiger partial charge in [0.05, 0.1) is 13.7 Å². The number of hydrogen-bond acceptors (Lipinski definition) is 5. The molecule has 6 heteroatoms. The molecule has 1 fully saturated rings. The second-order valence-corrected chi connectivity index (χ2v) is 4.72. The molecule has 1 aliphatic carbocycles. The molecule has 1 aromatic heterocycles. The van der Waals surface area contributed by atoms with Crippen molar-refractivity contribution in [3.8, 4) is 0 Å². The summed E-state index contributed by atoms with van der Waals surface area (Å²) < 4.78 is 6.95. The zero-order valence-electron chi connectivity index (χ0n) is 9.87. The molecule has 92 valence electrons. The Morgan fingerprint density at radius 3 is 3.06 bits per heavy atom. The maximum absolute atomic E-state index is 11.8. The normalized spacial score (nSPS) is 21.9. The molecule has 0 amide bonds. The number of hydrogen-bond donors (Lipinski definition) is 0. The van der Waals surface area contributed by atoms with Crippen molar-refractivity contribution in [1.82, 2.24) is 19.7 Å². The number of esters is 1. The van der Waals surface area contributed by atoms with Gasteiger partial charge in [-0.25, -0.2) is 0 Å². The molecule has 1 unspecified atom stereocenters. The van der Waals surface area contributed by atoms with Gasteiger partial charge in [0.2, 0.25) is 0 Å². The summed E-state index contributed by atoms with van der Waals surface area (Å²) in [7, 11) is 1.46. The van der Waals surface area contributed by atoms with E-state index >= 15 is 0 Å². The van der Waals surface area contributed by atoms with Crippen molar-refractivity contribution in [2.75, 3.05) is 13.7 Å². The van der Waals surface area contributed by atoms with Crippen molar-refractivity contribution in [3.63, 3.8) is 0 Å². The Kier molecular flexibility index (Phi) is 2.58. The summed E-state index contributed by atoms with van der Waals surface area (Å²) >= 11 is 0. The summed E-state index contributed by atoms with van der Waals surface area (Å²) in [5, 5.41) is 7.97. The van der Waals surface area contributed by atoms with Crippen LogP contribution in [-0.2, 0) is 22.6 Å². The van der Waals surface area contributed by atoms with E-state index in [1.807, 2.05) is 4.57 Å². The standard InChI is InChI=1S/C11H16N4O2/c1-17-11(16)10(8-2-3-8)14-4-5-15-7-12-13-9(15)6-14/h7-8,10H,2-6H2,1H3. The van der Waals surface area contributed by atoms with Crippen molar-refractivity contribution in [2.45, 2.75) is 32.0 Å². The van der Waals surface area contributed by atoms with Gasteiger partial charge in [0, 0.05) is 13.1 Å². The second kappa shape index (κ2) is 4.10. The summed E-state index contributed by atoms with van der Waals surface area (Å²) in [5.41, 5.74) is 0. The van der Waals surface area contributed by atoms with E-state index in [4.69, 9.17) is 4.74 Å². The number of ether oxygens (including phenoxy) is 1. The average Bonchev–Trinajstić information content (AvgIpc) is 3.06. The smallest absolute Gasteiger partial charge is 0.323 e. The predicted octanol–water partition coefficient (Wildman–Crippen LogP) is 0.0453.